The van der Waals surface area contributed by atoms with Gasteiger partial charge in [-0.2, -0.15) is 10.1 Å². The lowest BCUT2D eigenvalue weighted by Gasteiger charge is -2.22. The molecule has 9 heteroatoms. The van der Waals surface area contributed by atoms with Gasteiger partial charge in [-0.05, 0) is 37.1 Å². The van der Waals surface area contributed by atoms with E-state index in [1.165, 1.54) is 5.56 Å². The number of guanidine groups is 1. The van der Waals surface area contributed by atoms with Crippen LogP contribution in [0.2, 0.25) is 5.02 Å². The van der Waals surface area contributed by atoms with Gasteiger partial charge in [0.1, 0.15) is 6.54 Å². The topological polar surface area (TPSA) is 84.4 Å². The molecular formula is C21H28ClN7O. The average Bonchev–Trinajstić information content (AvgIpc) is 3.32. The van der Waals surface area contributed by atoms with Crippen molar-refractivity contribution in [2.45, 2.75) is 39.8 Å². The third-order valence-electron chi connectivity index (χ3n) is 4.52. The maximum absolute atomic E-state index is 5.94. The van der Waals surface area contributed by atoms with Crippen LogP contribution in [-0.2, 0) is 20.1 Å². The Morgan fingerprint density at radius 1 is 1.30 bits per heavy atom. The predicted molar refractivity (Wildman–Crippen MR) is 118 cm³/mol. The Labute approximate surface area is 181 Å². The first kappa shape index (κ1) is 21.8. The first-order valence-corrected chi connectivity index (χ1v) is 10.4. The zero-order chi connectivity index (χ0) is 21.7. The molecule has 0 fully saturated rings. The predicted octanol–water partition coefficient (Wildman–Crippen LogP) is 3.84. The summed E-state index contributed by atoms with van der Waals surface area (Å²) >= 11 is 5.94. The Morgan fingerprint density at radius 2 is 2.03 bits per heavy atom. The highest BCUT2D eigenvalue weighted by molar-refractivity contribution is 6.30. The Bertz CT molecular complexity index is 991. The van der Waals surface area contributed by atoms with Crippen molar-refractivity contribution in [3.05, 3.63) is 52.6 Å². The average molecular weight is 430 g/mol. The third kappa shape index (κ3) is 5.38. The highest BCUT2D eigenvalue weighted by Crippen LogP contribution is 2.20. The van der Waals surface area contributed by atoms with Crippen LogP contribution in [0.3, 0.4) is 0 Å². The smallest absolute Gasteiger partial charge is 0.248 e. The molecule has 0 saturated heterocycles. The second-order valence-electron chi connectivity index (χ2n) is 7.41. The van der Waals surface area contributed by atoms with Crippen molar-refractivity contribution in [2.24, 2.45) is 12.0 Å². The minimum atomic E-state index is 0.289. The minimum absolute atomic E-state index is 0.289. The Balaban J connectivity index is 1.72. The van der Waals surface area contributed by atoms with Crippen molar-refractivity contribution in [1.82, 2.24) is 30.1 Å². The summed E-state index contributed by atoms with van der Waals surface area (Å²) in [4.78, 5) is 11.2. The van der Waals surface area contributed by atoms with Gasteiger partial charge in [0, 0.05) is 49.5 Å². The molecule has 3 rings (SSSR count). The van der Waals surface area contributed by atoms with Crippen molar-refractivity contribution in [3.63, 3.8) is 0 Å². The normalized spacial score (nSPS) is 11.9. The fourth-order valence-electron chi connectivity index (χ4n) is 3.14. The summed E-state index contributed by atoms with van der Waals surface area (Å²) in [7, 11) is 3.95. The standard InChI is InChI=1S/C21H28ClN7O/c1-6-23-21(28(4)12-16-13-29(5)26-19(16)14(2)3)24-11-18-25-20(27-30-18)15-7-9-17(22)10-8-15/h7-10,13-14H,6,11-12H2,1-5H3,(H,23,24). The summed E-state index contributed by atoms with van der Waals surface area (Å²) in [5, 5.41) is 12.6. The van der Waals surface area contributed by atoms with Gasteiger partial charge in [-0.1, -0.05) is 30.6 Å². The van der Waals surface area contributed by atoms with Crippen LogP contribution in [0, 0.1) is 0 Å². The van der Waals surface area contributed by atoms with Crippen LogP contribution in [0.15, 0.2) is 40.0 Å². The van der Waals surface area contributed by atoms with E-state index in [1.54, 1.807) is 12.1 Å². The van der Waals surface area contributed by atoms with Crippen molar-refractivity contribution in [3.8, 4) is 11.4 Å². The highest BCUT2D eigenvalue weighted by Gasteiger charge is 2.16. The fraction of sp³-hybridized carbons (Fsp3) is 0.429. The molecule has 0 unspecified atom stereocenters. The van der Waals surface area contributed by atoms with E-state index in [0.717, 1.165) is 23.8 Å². The number of hydrogen-bond donors (Lipinski definition) is 1. The fourth-order valence-corrected chi connectivity index (χ4v) is 3.27. The number of aryl methyl sites for hydroxylation is 1. The van der Waals surface area contributed by atoms with Crippen LogP contribution in [0.25, 0.3) is 11.4 Å². The molecule has 1 aromatic carbocycles. The molecule has 0 aliphatic heterocycles. The maximum atomic E-state index is 5.94. The van der Waals surface area contributed by atoms with E-state index in [1.807, 2.05) is 37.8 Å². The first-order chi connectivity index (χ1) is 14.4. The van der Waals surface area contributed by atoms with E-state index in [2.05, 4.69) is 50.5 Å². The lowest BCUT2D eigenvalue weighted by Crippen LogP contribution is -2.38. The van der Waals surface area contributed by atoms with Gasteiger partial charge in [0.25, 0.3) is 0 Å². The zero-order valence-electron chi connectivity index (χ0n) is 18.1. The van der Waals surface area contributed by atoms with Gasteiger partial charge in [0.2, 0.25) is 11.7 Å². The first-order valence-electron chi connectivity index (χ1n) is 9.97. The molecule has 0 aliphatic carbocycles. The van der Waals surface area contributed by atoms with E-state index < -0.39 is 0 Å². The zero-order valence-corrected chi connectivity index (χ0v) is 18.8. The van der Waals surface area contributed by atoms with Gasteiger partial charge in [-0.15, -0.1) is 0 Å². The molecule has 30 heavy (non-hydrogen) atoms. The van der Waals surface area contributed by atoms with E-state index in [9.17, 15) is 0 Å². The molecule has 0 aliphatic rings. The highest BCUT2D eigenvalue weighted by atomic mass is 35.5. The Morgan fingerprint density at radius 3 is 2.70 bits per heavy atom. The summed E-state index contributed by atoms with van der Waals surface area (Å²) in [5.41, 5.74) is 3.13. The van der Waals surface area contributed by atoms with Crippen molar-refractivity contribution < 1.29 is 4.52 Å². The Hall–Kier alpha value is -2.87. The summed E-state index contributed by atoms with van der Waals surface area (Å²) in [5.74, 6) is 2.10. The van der Waals surface area contributed by atoms with Gasteiger partial charge >= 0.3 is 0 Å². The summed E-state index contributed by atoms with van der Waals surface area (Å²) in [6.45, 7) is 8.09. The van der Waals surface area contributed by atoms with Gasteiger partial charge in [0.15, 0.2) is 5.96 Å². The number of hydrogen-bond acceptors (Lipinski definition) is 5. The molecule has 0 radical (unpaired) electrons. The largest absolute Gasteiger partial charge is 0.357 e. The lowest BCUT2D eigenvalue weighted by atomic mass is 10.1. The van der Waals surface area contributed by atoms with Crippen molar-refractivity contribution in [2.75, 3.05) is 13.6 Å². The monoisotopic (exact) mass is 429 g/mol. The second-order valence-corrected chi connectivity index (χ2v) is 7.85. The molecule has 0 bridgehead atoms. The van der Waals surface area contributed by atoms with Crippen molar-refractivity contribution >= 4 is 17.6 Å². The third-order valence-corrected chi connectivity index (χ3v) is 4.77. The number of nitrogens with zero attached hydrogens (tertiary/aromatic N) is 6. The van der Waals surface area contributed by atoms with E-state index in [-0.39, 0.29) is 6.54 Å². The van der Waals surface area contributed by atoms with Gasteiger partial charge < -0.3 is 14.7 Å². The van der Waals surface area contributed by atoms with Crippen LogP contribution < -0.4 is 5.32 Å². The van der Waals surface area contributed by atoms with E-state index in [0.29, 0.717) is 29.2 Å². The van der Waals surface area contributed by atoms with E-state index in [4.69, 9.17) is 16.1 Å². The van der Waals surface area contributed by atoms with Gasteiger partial charge in [-0.3, -0.25) is 4.68 Å². The number of aromatic nitrogens is 4. The molecule has 0 atom stereocenters. The number of benzene rings is 1. The molecule has 3 aromatic rings. The van der Waals surface area contributed by atoms with Gasteiger partial charge in [0.05, 0.1) is 5.69 Å². The molecule has 2 aromatic heterocycles. The van der Waals surface area contributed by atoms with Crippen LogP contribution >= 0.6 is 11.6 Å². The van der Waals surface area contributed by atoms with Crippen LogP contribution in [0.4, 0.5) is 0 Å². The van der Waals surface area contributed by atoms with Gasteiger partial charge in [-0.25, -0.2) is 4.99 Å². The molecule has 0 amide bonds. The summed E-state index contributed by atoms with van der Waals surface area (Å²) < 4.78 is 7.23. The molecular weight excluding hydrogens is 402 g/mol. The molecule has 2 heterocycles. The van der Waals surface area contributed by atoms with Crippen LogP contribution in [0.1, 0.15) is 43.8 Å². The second kappa shape index (κ2) is 9.75. The summed E-state index contributed by atoms with van der Waals surface area (Å²) in [6.07, 6.45) is 2.06. The molecule has 8 nitrogen and oxygen atoms in total. The lowest BCUT2D eigenvalue weighted by molar-refractivity contribution is 0.379. The SMILES string of the molecule is CCNC(=NCc1nc(-c2ccc(Cl)cc2)no1)N(C)Cc1cn(C)nc1C(C)C. The molecule has 1 N–H and O–H groups in total. The molecule has 0 spiro atoms. The Kier molecular flexibility index (Phi) is 7.10. The number of aliphatic imine (C=N–C) groups is 1. The molecule has 0 saturated carbocycles. The molecule has 160 valence electrons. The number of rotatable bonds is 7. The van der Waals surface area contributed by atoms with Crippen LogP contribution in [0.5, 0.6) is 0 Å². The number of halogens is 1. The van der Waals surface area contributed by atoms with Crippen molar-refractivity contribution in [1.29, 1.82) is 0 Å². The van der Waals surface area contributed by atoms with Crippen LogP contribution in [-0.4, -0.2) is 44.4 Å². The van der Waals surface area contributed by atoms with E-state index >= 15 is 0 Å². The quantitative estimate of drug-likeness (QED) is 0.453. The maximum Gasteiger partial charge on any atom is 0.248 e. The number of nitrogens with one attached hydrogen (secondary N) is 1. The summed E-state index contributed by atoms with van der Waals surface area (Å²) in [6, 6.07) is 7.32. The minimum Gasteiger partial charge on any atom is -0.357 e.